The van der Waals surface area contributed by atoms with Crippen LogP contribution < -0.4 is 0 Å². The van der Waals surface area contributed by atoms with Crippen molar-refractivity contribution >= 4 is 5.97 Å². The highest BCUT2D eigenvalue weighted by Gasteiger charge is 2.63. The van der Waals surface area contributed by atoms with E-state index in [-0.39, 0.29) is 35.8 Å². The quantitative estimate of drug-likeness (QED) is 0.472. The van der Waals surface area contributed by atoms with Crippen molar-refractivity contribution in [3.05, 3.63) is 0 Å². The fourth-order valence-corrected chi connectivity index (χ4v) is 8.90. The lowest BCUT2D eigenvalue weighted by Gasteiger charge is -2.62. The van der Waals surface area contributed by atoms with Gasteiger partial charge in [-0.25, -0.2) is 0 Å². The van der Waals surface area contributed by atoms with Gasteiger partial charge in [-0.2, -0.15) is 0 Å². The number of methoxy groups -OCH3 is 1. The number of carbonyl (C=O) groups excluding carboxylic acids is 1. The monoisotopic (exact) mass is 436 g/mol. The number of aliphatic hydroxyl groups excluding tert-OH is 2. The molecule has 0 saturated heterocycles. The minimum Gasteiger partial charge on any atom is -0.438 e. The number of rotatable bonds is 6. The zero-order chi connectivity index (χ0) is 22.4. The van der Waals surface area contributed by atoms with E-state index in [1.807, 2.05) is 0 Å². The summed E-state index contributed by atoms with van der Waals surface area (Å²) in [5.41, 5.74) is 0.230. The molecule has 178 valence electrons. The second kappa shape index (κ2) is 8.95. The van der Waals surface area contributed by atoms with Crippen LogP contribution in [-0.4, -0.2) is 42.3 Å². The molecule has 10 atom stereocenters. The van der Waals surface area contributed by atoms with Gasteiger partial charge in [-0.15, -0.1) is 0 Å². The van der Waals surface area contributed by atoms with Crippen molar-refractivity contribution in [3.8, 4) is 0 Å². The van der Waals surface area contributed by atoms with Gasteiger partial charge in [0.1, 0.15) is 0 Å². The molecule has 4 aliphatic carbocycles. The van der Waals surface area contributed by atoms with E-state index < -0.39 is 0 Å². The van der Waals surface area contributed by atoms with E-state index in [0.717, 1.165) is 38.5 Å². The summed E-state index contributed by atoms with van der Waals surface area (Å²) in [6, 6.07) is 0. The van der Waals surface area contributed by atoms with E-state index in [2.05, 4.69) is 20.8 Å². The topological polar surface area (TPSA) is 76.0 Å². The predicted octanol–water partition coefficient (Wildman–Crippen LogP) is 4.54. The second-order valence-corrected chi connectivity index (χ2v) is 11.8. The summed E-state index contributed by atoms with van der Waals surface area (Å²) in [6.45, 7) is 7.11. The Morgan fingerprint density at radius 3 is 2.58 bits per heavy atom. The summed E-state index contributed by atoms with van der Waals surface area (Å²) in [5.74, 6) is 3.15. The van der Waals surface area contributed by atoms with Crippen molar-refractivity contribution in [2.45, 2.75) is 97.2 Å². The molecule has 2 N–H and O–H groups in total. The van der Waals surface area contributed by atoms with E-state index in [1.165, 1.54) is 26.4 Å². The van der Waals surface area contributed by atoms with E-state index in [9.17, 15) is 15.0 Å². The first kappa shape index (κ1) is 23.5. The number of fused-ring (bicyclic) bond motifs is 5. The molecular formula is C26H44O5. The molecule has 5 heteroatoms. The van der Waals surface area contributed by atoms with Gasteiger partial charge in [0.05, 0.1) is 12.2 Å². The zero-order valence-electron chi connectivity index (χ0n) is 20.0. The molecule has 4 rings (SSSR count). The van der Waals surface area contributed by atoms with E-state index in [0.29, 0.717) is 41.9 Å². The SMILES string of the molecule is COCOC(=O)CCC(C)C1CCC2C3CCC4CC(O)CCC4(C)C3CC(O)C12C. The van der Waals surface area contributed by atoms with Gasteiger partial charge in [-0.05, 0) is 104 Å². The molecule has 0 heterocycles. The number of carbonyl (C=O) groups is 1. The molecule has 0 aromatic heterocycles. The van der Waals surface area contributed by atoms with Gasteiger partial charge in [0.2, 0.25) is 0 Å². The van der Waals surface area contributed by atoms with Crippen LogP contribution in [0.1, 0.15) is 85.0 Å². The van der Waals surface area contributed by atoms with Crippen molar-refractivity contribution in [3.63, 3.8) is 0 Å². The minimum absolute atomic E-state index is 0.0228. The summed E-state index contributed by atoms with van der Waals surface area (Å²) in [5, 5.41) is 21.8. The lowest BCUT2D eigenvalue weighted by molar-refractivity contribution is -0.175. The highest BCUT2D eigenvalue weighted by atomic mass is 16.7. The molecule has 0 amide bonds. The average molecular weight is 437 g/mol. The third-order valence-corrected chi connectivity index (χ3v) is 10.6. The van der Waals surface area contributed by atoms with Crippen LogP contribution in [0.15, 0.2) is 0 Å². The lowest BCUT2D eigenvalue weighted by atomic mass is 9.43. The molecular weight excluding hydrogens is 392 g/mol. The lowest BCUT2D eigenvalue weighted by Crippen LogP contribution is -2.58. The number of esters is 1. The Morgan fingerprint density at radius 1 is 1.06 bits per heavy atom. The van der Waals surface area contributed by atoms with E-state index in [4.69, 9.17) is 9.47 Å². The third-order valence-electron chi connectivity index (χ3n) is 10.6. The van der Waals surface area contributed by atoms with Crippen LogP contribution in [0, 0.1) is 46.3 Å². The van der Waals surface area contributed by atoms with Gasteiger partial charge in [-0.1, -0.05) is 20.8 Å². The fraction of sp³-hybridized carbons (Fsp3) is 0.962. The minimum atomic E-state index is -0.267. The third kappa shape index (κ3) is 3.97. The largest absolute Gasteiger partial charge is 0.438 e. The molecule has 31 heavy (non-hydrogen) atoms. The maximum Gasteiger partial charge on any atom is 0.307 e. The predicted molar refractivity (Wildman–Crippen MR) is 119 cm³/mol. The maximum atomic E-state index is 12.0. The number of hydrogen-bond acceptors (Lipinski definition) is 5. The first-order chi connectivity index (χ1) is 14.7. The highest BCUT2D eigenvalue weighted by molar-refractivity contribution is 5.69. The Balaban J connectivity index is 1.47. The summed E-state index contributed by atoms with van der Waals surface area (Å²) in [6.07, 6.45) is 9.62. The molecule has 10 unspecified atom stereocenters. The van der Waals surface area contributed by atoms with Gasteiger partial charge in [0.15, 0.2) is 6.79 Å². The molecule has 0 bridgehead atoms. The Kier molecular flexibility index (Phi) is 6.78. The number of ether oxygens (including phenoxy) is 2. The molecule has 5 nitrogen and oxygen atoms in total. The molecule has 0 spiro atoms. The molecule has 4 fully saturated rings. The Labute approximate surface area is 188 Å². The van der Waals surface area contributed by atoms with Gasteiger partial charge in [0, 0.05) is 13.5 Å². The summed E-state index contributed by atoms with van der Waals surface area (Å²) in [7, 11) is 1.52. The normalized spacial score (nSPS) is 47.7. The van der Waals surface area contributed by atoms with Crippen molar-refractivity contribution in [2.75, 3.05) is 13.9 Å². The smallest absolute Gasteiger partial charge is 0.307 e. The molecule has 0 aliphatic heterocycles. The molecule has 4 aliphatic rings. The molecule has 4 saturated carbocycles. The Morgan fingerprint density at radius 2 is 1.84 bits per heavy atom. The van der Waals surface area contributed by atoms with Gasteiger partial charge in [0.25, 0.3) is 0 Å². The summed E-state index contributed by atoms with van der Waals surface area (Å²) in [4.78, 5) is 12.0. The van der Waals surface area contributed by atoms with Gasteiger partial charge >= 0.3 is 5.97 Å². The van der Waals surface area contributed by atoms with Crippen LogP contribution >= 0.6 is 0 Å². The highest BCUT2D eigenvalue weighted by Crippen LogP contribution is 2.68. The first-order valence-corrected chi connectivity index (χ1v) is 12.7. The van der Waals surface area contributed by atoms with Gasteiger partial charge < -0.3 is 19.7 Å². The van der Waals surface area contributed by atoms with Crippen molar-refractivity contribution in [2.24, 2.45) is 46.3 Å². The Bertz CT molecular complexity index is 652. The maximum absolute atomic E-state index is 12.0. The fourth-order valence-electron chi connectivity index (χ4n) is 8.90. The second-order valence-electron chi connectivity index (χ2n) is 11.8. The van der Waals surface area contributed by atoms with Gasteiger partial charge in [-0.3, -0.25) is 4.79 Å². The van der Waals surface area contributed by atoms with Crippen LogP contribution in [0.25, 0.3) is 0 Å². The van der Waals surface area contributed by atoms with Crippen LogP contribution in [-0.2, 0) is 14.3 Å². The molecule has 0 radical (unpaired) electrons. The van der Waals surface area contributed by atoms with Crippen LogP contribution in [0.4, 0.5) is 0 Å². The van der Waals surface area contributed by atoms with Crippen molar-refractivity contribution < 1.29 is 24.5 Å². The first-order valence-electron chi connectivity index (χ1n) is 12.7. The summed E-state index contributed by atoms with van der Waals surface area (Å²) < 4.78 is 9.90. The van der Waals surface area contributed by atoms with E-state index in [1.54, 1.807) is 0 Å². The average Bonchev–Trinajstić information content (AvgIpc) is 3.10. The van der Waals surface area contributed by atoms with Crippen LogP contribution in [0.3, 0.4) is 0 Å². The van der Waals surface area contributed by atoms with Crippen LogP contribution in [0.2, 0.25) is 0 Å². The van der Waals surface area contributed by atoms with E-state index >= 15 is 0 Å². The standard InChI is InChI=1S/C26H44O5/c1-16(5-10-24(29)31-15-30-4)20-8-9-21-19-7-6-17-13-18(27)11-12-25(17,2)22(19)14-23(28)26(20,21)3/h16-23,27-28H,5-15H2,1-4H3. The van der Waals surface area contributed by atoms with Crippen molar-refractivity contribution in [1.82, 2.24) is 0 Å². The van der Waals surface area contributed by atoms with Crippen molar-refractivity contribution in [1.29, 1.82) is 0 Å². The van der Waals surface area contributed by atoms with Crippen LogP contribution in [0.5, 0.6) is 0 Å². The summed E-state index contributed by atoms with van der Waals surface area (Å²) >= 11 is 0. The number of hydrogen-bond donors (Lipinski definition) is 2. The Hall–Kier alpha value is -0.650. The number of aliphatic hydroxyl groups is 2. The molecule has 0 aromatic carbocycles. The zero-order valence-corrected chi connectivity index (χ0v) is 20.0. The molecule has 0 aromatic rings.